The maximum Gasteiger partial charge on any atom is 0.196 e. The summed E-state index contributed by atoms with van der Waals surface area (Å²) >= 11 is 0. The Hall–Kier alpha value is -4.84. The van der Waals surface area contributed by atoms with E-state index in [1.54, 1.807) is 60.7 Å². The summed E-state index contributed by atoms with van der Waals surface area (Å²) in [4.78, 5) is 31.3. The van der Waals surface area contributed by atoms with Gasteiger partial charge in [-0.05, 0) is 30.7 Å². The second kappa shape index (κ2) is 7.33. The molecule has 0 aromatic heterocycles. The van der Waals surface area contributed by atoms with Crippen molar-refractivity contribution < 1.29 is 10.2 Å². The first-order valence-electron chi connectivity index (χ1n) is 11.0. The number of hydrogen-bond donors (Lipinski definition) is 3. The van der Waals surface area contributed by atoms with E-state index in [-0.39, 0.29) is 48.9 Å². The minimum Gasteiger partial charge on any atom is -0.507 e. The summed E-state index contributed by atoms with van der Waals surface area (Å²) < 4.78 is 0. The minimum atomic E-state index is -0.391. The number of hydrogen-bond acceptors (Lipinski definition) is 6. The second-order valence-corrected chi connectivity index (χ2v) is 8.59. The van der Waals surface area contributed by atoms with Gasteiger partial charge in [0.25, 0.3) is 0 Å². The molecule has 0 atom stereocenters. The highest BCUT2D eigenvalue weighted by Gasteiger charge is 2.18. The normalized spacial score (nSPS) is 12.3. The number of fused-ring (bicyclic) bond motifs is 3. The molecule has 0 heterocycles. The van der Waals surface area contributed by atoms with Gasteiger partial charge in [-0.1, -0.05) is 54.6 Å². The fourth-order valence-corrected chi connectivity index (χ4v) is 4.93. The highest BCUT2D eigenvalue weighted by atomic mass is 16.3. The van der Waals surface area contributed by atoms with Crippen LogP contribution in [0.5, 0.6) is 11.5 Å². The van der Waals surface area contributed by atoms with Crippen molar-refractivity contribution in [2.24, 2.45) is 4.99 Å². The number of benzene rings is 4. The third-order valence-electron chi connectivity index (χ3n) is 6.60. The van der Waals surface area contributed by atoms with Gasteiger partial charge in [0.15, 0.2) is 10.9 Å². The molecule has 0 spiro atoms. The summed E-state index contributed by atoms with van der Waals surface area (Å²) in [5.41, 5.74) is 0.318. The van der Waals surface area contributed by atoms with Crippen molar-refractivity contribution in [3.8, 4) is 11.5 Å². The highest BCUT2D eigenvalue weighted by Crippen LogP contribution is 2.46. The smallest absolute Gasteiger partial charge is 0.196 e. The van der Waals surface area contributed by atoms with Crippen LogP contribution < -0.4 is 21.6 Å². The van der Waals surface area contributed by atoms with Gasteiger partial charge in [-0.3, -0.25) is 9.59 Å². The third-order valence-corrected chi connectivity index (χ3v) is 6.60. The molecule has 0 fully saturated rings. The van der Waals surface area contributed by atoms with Crippen molar-refractivity contribution in [3.63, 3.8) is 0 Å². The molecule has 4 aromatic rings. The molecule has 4 aromatic carbocycles. The molecule has 35 heavy (non-hydrogen) atoms. The first kappa shape index (κ1) is 20.7. The lowest BCUT2D eigenvalue weighted by Gasteiger charge is -2.13. The van der Waals surface area contributed by atoms with E-state index in [4.69, 9.17) is 10.4 Å². The molecule has 3 N–H and O–H groups in total. The van der Waals surface area contributed by atoms with E-state index in [9.17, 15) is 19.8 Å². The van der Waals surface area contributed by atoms with Crippen molar-refractivity contribution in [1.82, 2.24) is 0 Å². The Morgan fingerprint density at radius 3 is 1.83 bits per heavy atom. The fourth-order valence-electron chi connectivity index (χ4n) is 4.93. The molecule has 0 unspecified atom stereocenters. The molecule has 2 aliphatic rings. The van der Waals surface area contributed by atoms with Crippen molar-refractivity contribution >= 4 is 38.0 Å². The summed E-state index contributed by atoms with van der Waals surface area (Å²) in [5, 5.41) is 33.2. The lowest BCUT2D eigenvalue weighted by Crippen LogP contribution is -2.28. The van der Waals surface area contributed by atoms with Crippen LogP contribution in [-0.2, 0) is 0 Å². The van der Waals surface area contributed by atoms with Crippen LogP contribution >= 0.6 is 0 Å². The molecule has 0 bridgehead atoms. The van der Waals surface area contributed by atoms with Gasteiger partial charge in [-0.25, -0.2) is 4.99 Å². The van der Waals surface area contributed by atoms with E-state index in [1.807, 2.05) is 6.92 Å². The summed E-state index contributed by atoms with van der Waals surface area (Å²) in [6.45, 7) is 1.83. The zero-order valence-corrected chi connectivity index (χ0v) is 18.6. The van der Waals surface area contributed by atoms with Gasteiger partial charge in [-0.2, -0.15) is 0 Å². The van der Waals surface area contributed by atoms with Crippen LogP contribution in [0, 0.1) is 22.8 Å². The summed E-state index contributed by atoms with van der Waals surface area (Å²) in [7, 11) is 0. The predicted molar refractivity (Wildman–Crippen MR) is 135 cm³/mol. The SMILES string of the molecule is Cc1ccc(N=c2ccc(=N)c3c(=O)c4ccccc4c(=O)c2=3)c2c(O)c3ccccc3c(O)c12. The first-order chi connectivity index (χ1) is 16.9. The lowest BCUT2D eigenvalue weighted by molar-refractivity contribution is 0.478. The van der Waals surface area contributed by atoms with Gasteiger partial charge in [-0.15, -0.1) is 0 Å². The number of aromatic hydroxyl groups is 2. The number of nitrogens with one attached hydrogen (secondary N) is 1. The number of phenols is 2. The average Bonchev–Trinajstić information content (AvgIpc) is 2.87. The third kappa shape index (κ3) is 2.83. The molecular formula is C29H18N2O4. The van der Waals surface area contributed by atoms with Crippen LogP contribution in [0.25, 0.3) is 32.3 Å². The standard InChI is InChI=1S/C29H18N2O4/c1-14-10-12-20(24-22(14)26(32)15-6-2-4-8-17(15)28(24)34)31-21-13-11-19(30)23-25(21)29(35)18-9-5-3-7-16(18)27(23)33/h2-13,30,32,34H,1H3. The molecule has 0 aliphatic heterocycles. The first-order valence-corrected chi connectivity index (χ1v) is 11.0. The van der Waals surface area contributed by atoms with Crippen LogP contribution in [0.15, 0.2) is 87.4 Å². The highest BCUT2D eigenvalue weighted by molar-refractivity contribution is 6.15. The lowest BCUT2D eigenvalue weighted by atomic mass is 9.96. The Morgan fingerprint density at radius 2 is 1.20 bits per heavy atom. The molecule has 6 rings (SSSR count). The second-order valence-electron chi connectivity index (χ2n) is 8.59. The monoisotopic (exact) mass is 458 g/mol. The molecule has 0 saturated heterocycles. The summed E-state index contributed by atoms with van der Waals surface area (Å²) in [6, 6.07) is 20.0. The van der Waals surface area contributed by atoms with E-state index in [0.717, 1.165) is 5.56 Å². The Morgan fingerprint density at radius 1 is 0.657 bits per heavy atom. The molecule has 2 aliphatic carbocycles. The summed E-state index contributed by atoms with van der Waals surface area (Å²) in [5.74, 6) is 0.00115. The van der Waals surface area contributed by atoms with E-state index in [2.05, 4.69) is 0 Å². The minimum absolute atomic E-state index is 0.0175. The average molecular weight is 458 g/mol. The van der Waals surface area contributed by atoms with Crippen LogP contribution in [0.2, 0.25) is 0 Å². The maximum atomic E-state index is 13.4. The van der Waals surface area contributed by atoms with Gasteiger partial charge < -0.3 is 15.6 Å². The van der Waals surface area contributed by atoms with Crippen LogP contribution in [-0.4, -0.2) is 10.2 Å². The van der Waals surface area contributed by atoms with Gasteiger partial charge in [0.1, 0.15) is 11.5 Å². The van der Waals surface area contributed by atoms with Gasteiger partial charge >= 0.3 is 0 Å². The van der Waals surface area contributed by atoms with Crippen molar-refractivity contribution in [1.29, 1.82) is 5.41 Å². The van der Waals surface area contributed by atoms with Gasteiger partial charge in [0.2, 0.25) is 0 Å². The zero-order chi connectivity index (χ0) is 24.4. The molecule has 6 nitrogen and oxygen atoms in total. The molecule has 0 amide bonds. The predicted octanol–water partition coefficient (Wildman–Crippen LogP) is 3.90. The van der Waals surface area contributed by atoms with Crippen LogP contribution in [0.1, 0.15) is 5.56 Å². The van der Waals surface area contributed by atoms with Gasteiger partial charge in [0, 0.05) is 26.9 Å². The van der Waals surface area contributed by atoms with E-state index >= 15 is 0 Å². The number of nitrogens with zero attached hydrogens (tertiary/aromatic N) is 1. The molecular weight excluding hydrogens is 440 g/mol. The Labute approximate surface area is 197 Å². The Kier molecular flexibility index (Phi) is 4.35. The molecule has 0 saturated carbocycles. The number of phenolic OH excluding ortho intramolecular Hbond substituents is 2. The fraction of sp³-hybridized carbons (Fsp3) is 0.0345. The van der Waals surface area contributed by atoms with Crippen molar-refractivity contribution in [2.75, 3.05) is 0 Å². The summed E-state index contributed by atoms with van der Waals surface area (Å²) in [6.07, 6.45) is 0. The van der Waals surface area contributed by atoms with Crippen molar-refractivity contribution in [2.45, 2.75) is 6.92 Å². The van der Waals surface area contributed by atoms with Crippen LogP contribution in [0.4, 0.5) is 5.69 Å². The largest absolute Gasteiger partial charge is 0.507 e. The quantitative estimate of drug-likeness (QED) is 0.256. The Balaban J connectivity index is 1.86. The molecule has 6 heteroatoms. The zero-order valence-electron chi connectivity index (χ0n) is 18.6. The van der Waals surface area contributed by atoms with E-state index in [0.29, 0.717) is 27.2 Å². The van der Waals surface area contributed by atoms with E-state index in [1.165, 1.54) is 12.1 Å². The molecule has 0 radical (unpaired) electrons. The van der Waals surface area contributed by atoms with Crippen molar-refractivity contribution in [3.05, 3.63) is 120 Å². The Bertz CT molecular complexity index is 2160. The van der Waals surface area contributed by atoms with Gasteiger partial charge in [0.05, 0.1) is 32.2 Å². The topological polar surface area (TPSA) is 111 Å². The maximum absolute atomic E-state index is 13.4. The molecule has 168 valence electrons. The number of rotatable bonds is 1. The number of aryl methyl sites for hydroxylation is 1. The van der Waals surface area contributed by atoms with Crippen LogP contribution in [0.3, 0.4) is 0 Å². The van der Waals surface area contributed by atoms with E-state index < -0.39 is 5.43 Å².